The Kier molecular flexibility index (Phi) is 5.83. The maximum atomic E-state index is 12.1. The van der Waals surface area contributed by atoms with E-state index in [1.165, 1.54) is 10.8 Å². The fourth-order valence-corrected chi connectivity index (χ4v) is 2.66. The van der Waals surface area contributed by atoms with E-state index in [0.29, 0.717) is 29.0 Å². The molecule has 7 nitrogen and oxygen atoms in total. The minimum atomic E-state index is -0.891. The van der Waals surface area contributed by atoms with Crippen molar-refractivity contribution in [2.24, 2.45) is 0 Å². The smallest absolute Gasteiger partial charge is 0.338 e. The summed E-state index contributed by atoms with van der Waals surface area (Å²) in [6.07, 6.45) is 0.350. The van der Waals surface area contributed by atoms with Crippen molar-refractivity contribution in [1.29, 1.82) is 0 Å². The highest BCUT2D eigenvalue weighted by molar-refractivity contribution is 5.89. The van der Waals surface area contributed by atoms with Crippen LogP contribution in [0, 0.1) is 0 Å². The molecule has 0 aliphatic rings. The number of carbonyl (C=O) groups excluding carboxylic acids is 1. The Balaban J connectivity index is 1.64. The van der Waals surface area contributed by atoms with E-state index in [9.17, 15) is 14.7 Å². The highest BCUT2D eigenvalue weighted by Crippen LogP contribution is 2.14. The molecule has 3 rings (SSSR count). The quantitative estimate of drug-likeness (QED) is 0.642. The molecule has 0 spiro atoms. The largest absolute Gasteiger partial charge is 0.491 e. The first kappa shape index (κ1) is 18.6. The molecule has 1 unspecified atom stereocenters. The van der Waals surface area contributed by atoms with E-state index in [4.69, 9.17) is 9.47 Å². The van der Waals surface area contributed by atoms with Gasteiger partial charge >= 0.3 is 5.97 Å². The van der Waals surface area contributed by atoms with Gasteiger partial charge in [-0.05, 0) is 43.3 Å². The summed E-state index contributed by atoms with van der Waals surface area (Å²) in [5.74, 6) is 0.113. The van der Waals surface area contributed by atoms with E-state index < -0.39 is 12.1 Å². The average molecular weight is 368 g/mol. The Hall–Kier alpha value is -3.19. The number of aliphatic hydroxyl groups excluding tert-OH is 1. The summed E-state index contributed by atoms with van der Waals surface area (Å²) in [4.78, 5) is 27.8. The lowest BCUT2D eigenvalue weighted by Crippen LogP contribution is -2.30. The van der Waals surface area contributed by atoms with E-state index >= 15 is 0 Å². The zero-order valence-electron chi connectivity index (χ0n) is 14.9. The van der Waals surface area contributed by atoms with Gasteiger partial charge in [0.2, 0.25) is 0 Å². The first-order valence-corrected chi connectivity index (χ1v) is 8.61. The maximum Gasteiger partial charge on any atom is 0.338 e. The van der Waals surface area contributed by atoms with Crippen molar-refractivity contribution in [3.63, 3.8) is 0 Å². The van der Waals surface area contributed by atoms with Crippen LogP contribution in [-0.4, -0.2) is 39.9 Å². The van der Waals surface area contributed by atoms with Gasteiger partial charge in [0, 0.05) is 0 Å². The first-order valence-electron chi connectivity index (χ1n) is 8.61. The molecular formula is C20H20N2O5. The summed E-state index contributed by atoms with van der Waals surface area (Å²) >= 11 is 0. The minimum absolute atomic E-state index is 0.00183. The molecular weight excluding hydrogens is 348 g/mol. The second-order valence-electron chi connectivity index (χ2n) is 5.91. The van der Waals surface area contributed by atoms with Crippen molar-refractivity contribution in [2.75, 3.05) is 13.2 Å². The van der Waals surface area contributed by atoms with E-state index in [-0.39, 0.29) is 18.7 Å². The number of benzene rings is 2. The summed E-state index contributed by atoms with van der Waals surface area (Å²) in [6, 6.07) is 13.7. The Labute approximate surface area is 155 Å². The van der Waals surface area contributed by atoms with Gasteiger partial charge in [0.05, 0.1) is 35.9 Å². The lowest BCUT2D eigenvalue weighted by molar-refractivity contribution is 0.0526. The van der Waals surface area contributed by atoms with Crippen molar-refractivity contribution in [3.8, 4) is 5.75 Å². The number of carbonyl (C=O) groups is 1. The minimum Gasteiger partial charge on any atom is -0.491 e. The molecule has 0 bridgehead atoms. The molecule has 1 aromatic heterocycles. The summed E-state index contributed by atoms with van der Waals surface area (Å²) in [5.41, 5.74) is 1.48. The van der Waals surface area contributed by atoms with Crippen LogP contribution in [0.4, 0.5) is 0 Å². The number of hydrogen-bond donors (Lipinski definition) is 1. The third-order valence-electron chi connectivity index (χ3n) is 3.95. The number of nitrogens with zero attached hydrogens (tertiary/aromatic N) is 2. The normalized spacial score (nSPS) is 11.9. The lowest BCUT2D eigenvalue weighted by atomic mass is 10.2. The molecule has 0 radical (unpaired) electrons. The van der Waals surface area contributed by atoms with Crippen LogP contribution in [0.15, 0.2) is 59.5 Å². The molecule has 0 amide bonds. The van der Waals surface area contributed by atoms with Gasteiger partial charge in [-0.3, -0.25) is 4.79 Å². The molecule has 0 fully saturated rings. The van der Waals surface area contributed by atoms with Gasteiger partial charge < -0.3 is 19.1 Å². The lowest BCUT2D eigenvalue weighted by Gasteiger charge is -2.15. The van der Waals surface area contributed by atoms with Crippen LogP contribution in [0.1, 0.15) is 17.3 Å². The van der Waals surface area contributed by atoms with Crippen LogP contribution in [-0.2, 0) is 11.3 Å². The third kappa shape index (κ3) is 4.51. The molecule has 1 atom stereocenters. The van der Waals surface area contributed by atoms with Crippen LogP contribution in [0.25, 0.3) is 11.0 Å². The van der Waals surface area contributed by atoms with Crippen molar-refractivity contribution >= 4 is 17.0 Å². The molecule has 27 heavy (non-hydrogen) atoms. The van der Waals surface area contributed by atoms with Gasteiger partial charge in [-0.1, -0.05) is 12.1 Å². The second-order valence-corrected chi connectivity index (χ2v) is 5.91. The topological polar surface area (TPSA) is 90.7 Å². The average Bonchev–Trinajstić information content (AvgIpc) is 2.69. The van der Waals surface area contributed by atoms with Gasteiger partial charge in [-0.2, -0.15) is 0 Å². The van der Waals surface area contributed by atoms with Crippen LogP contribution in [0.3, 0.4) is 0 Å². The molecule has 2 aromatic carbocycles. The molecule has 7 heteroatoms. The third-order valence-corrected chi connectivity index (χ3v) is 3.95. The highest BCUT2D eigenvalue weighted by atomic mass is 16.5. The Morgan fingerprint density at radius 2 is 1.93 bits per heavy atom. The Morgan fingerprint density at radius 3 is 2.67 bits per heavy atom. The number of aromatic nitrogens is 2. The predicted molar refractivity (Wildman–Crippen MR) is 99.9 cm³/mol. The Bertz CT molecular complexity index is 982. The summed E-state index contributed by atoms with van der Waals surface area (Å²) in [6.45, 7) is 2.14. The fourth-order valence-electron chi connectivity index (χ4n) is 2.66. The van der Waals surface area contributed by atoms with E-state index in [1.54, 1.807) is 43.3 Å². The maximum absolute atomic E-state index is 12.1. The van der Waals surface area contributed by atoms with Crippen molar-refractivity contribution in [2.45, 2.75) is 19.6 Å². The van der Waals surface area contributed by atoms with Gasteiger partial charge in [-0.15, -0.1) is 0 Å². The molecule has 140 valence electrons. The van der Waals surface area contributed by atoms with Gasteiger partial charge in [0.1, 0.15) is 18.5 Å². The van der Waals surface area contributed by atoms with E-state index in [0.717, 1.165) is 0 Å². The second kappa shape index (κ2) is 8.46. The van der Waals surface area contributed by atoms with Gasteiger partial charge in [0.25, 0.3) is 5.56 Å². The molecule has 0 aliphatic heterocycles. The highest BCUT2D eigenvalue weighted by Gasteiger charge is 2.11. The van der Waals surface area contributed by atoms with Crippen LogP contribution in [0.5, 0.6) is 5.75 Å². The molecule has 1 heterocycles. The number of fused-ring (bicyclic) bond motifs is 1. The van der Waals surface area contributed by atoms with E-state index in [2.05, 4.69) is 4.98 Å². The number of rotatable bonds is 7. The molecule has 1 N–H and O–H groups in total. The number of aliphatic hydroxyl groups is 1. The van der Waals surface area contributed by atoms with E-state index in [1.807, 2.05) is 12.1 Å². The van der Waals surface area contributed by atoms with Gasteiger partial charge in [0.15, 0.2) is 0 Å². The monoisotopic (exact) mass is 368 g/mol. The Morgan fingerprint density at radius 1 is 1.19 bits per heavy atom. The summed E-state index contributed by atoms with van der Waals surface area (Å²) < 4.78 is 11.9. The van der Waals surface area contributed by atoms with Crippen molar-refractivity contribution < 1.29 is 19.4 Å². The van der Waals surface area contributed by atoms with Crippen LogP contribution < -0.4 is 10.3 Å². The molecule has 0 saturated carbocycles. The van der Waals surface area contributed by atoms with Crippen molar-refractivity contribution in [3.05, 3.63) is 70.6 Å². The number of ether oxygens (including phenoxy) is 2. The van der Waals surface area contributed by atoms with Gasteiger partial charge in [-0.25, -0.2) is 9.78 Å². The number of hydrogen-bond acceptors (Lipinski definition) is 6. The van der Waals surface area contributed by atoms with Crippen molar-refractivity contribution in [1.82, 2.24) is 9.55 Å². The standard InChI is InChI=1S/C20H20N2O5/c1-2-26-20(25)14-7-9-16(10-8-14)27-13-15(23)12-22-18-6-4-3-5-17(18)21-11-19(22)24/h3-11,15,23H,2,12-13H2,1H3. The fraction of sp³-hybridized carbons (Fsp3) is 0.250. The molecule has 0 saturated heterocycles. The predicted octanol–water partition coefficient (Wildman–Crippen LogP) is 2.01. The van der Waals surface area contributed by atoms with Crippen LogP contribution in [0.2, 0.25) is 0 Å². The number of para-hydroxylation sites is 2. The zero-order chi connectivity index (χ0) is 19.2. The first-order chi connectivity index (χ1) is 13.1. The SMILES string of the molecule is CCOC(=O)c1ccc(OCC(O)Cn2c(=O)cnc3ccccc32)cc1. The molecule has 0 aliphatic carbocycles. The summed E-state index contributed by atoms with van der Waals surface area (Å²) in [5, 5.41) is 10.3. The number of esters is 1. The zero-order valence-corrected chi connectivity index (χ0v) is 14.9. The van der Waals surface area contributed by atoms with Crippen LogP contribution >= 0.6 is 0 Å². The summed E-state index contributed by atoms with van der Waals surface area (Å²) in [7, 11) is 0. The molecule has 3 aromatic rings.